The van der Waals surface area contributed by atoms with Gasteiger partial charge in [-0.05, 0) is 76.7 Å². The molecule has 0 radical (unpaired) electrons. The Kier molecular flexibility index (Phi) is 7.04. The van der Waals surface area contributed by atoms with E-state index in [0.717, 1.165) is 34.7 Å². The number of hydrogen-bond donors (Lipinski definition) is 0. The van der Waals surface area contributed by atoms with Crippen molar-refractivity contribution in [3.05, 3.63) is 40.6 Å². The first-order valence-electron chi connectivity index (χ1n) is 13.8. The van der Waals surface area contributed by atoms with Gasteiger partial charge in [0, 0.05) is 0 Å². The zero-order valence-corrected chi connectivity index (χ0v) is 22.4. The Hall–Kier alpha value is -2.03. The van der Waals surface area contributed by atoms with E-state index in [9.17, 15) is 5.21 Å². The van der Waals surface area contributed by atoms with Crippen LogP contribution in [-0.2, 0) is 0 Å². The minimum atomic E-state index is -0.349. The molecule has 0 saturated heterocycles. The van der Waals surface area contributed by atoms with Gasteiger partial charge in [-0.1, -0.05) is 71.3 Å². The third kappa shape index (κ3) is 4.72. The second kappa shape index (κ2) is 9.55. The highest BCUT2D eigenvalue weighted by atomic mass is 16.5. The summed E-state index contributed by atoms with van der Waals surface area (Å²) in [5.41, 5.74) is 4.62. The van der Waals surface area contributed by atoms with Gasteiger partial charge in [0.25, 0.3) is 0 Å². The second-order valence-corrected chi connectivity index (χ2v) is 12.2. The van der Waals surface area contributed by atoms with Crippen LogP contribution in [0.1, 0.15) is 123 Å². The van der Waals surface area contributed by atoms with E-state index >= 15 is 0 Å². The number of allylic oxidation sites excluding steroid dienone is 2. The van der Waals surface area contributed by atoms with E-state index in [1.807, 2.05) is 0 Å². The fourth-order valence-electron chi connectivity index (χ4n) is 6.59. The monoisotopic (exact) mass is 463 g/mol. The Morgan fingerprint density at radius 1 is 0.912 bits per heavy atom. The summed E-state index contributed by atoms with van der Waals surface area (Å²) in [5.74, 6) is 0.815. The van der Waals surface area contributed by atoms with Crippen LogP contribution >= 0.6 is 0 Å². The van der Waals surface area contributed by atoms with Gasteiger partial charge in [-0.25, -0.2) is 0 Å². The van der Waals surface area contributed by atoms with Crippen LogP contribution in [0, 0.1) is 16.0 Å². The van der Waals surface area contributed by atoms with Gasteiger partial charge in [-0.2, -0.15) is 4.74 Å². The molecule has 1 aromatic carbocycles. The lowest BCUT2D eigenvalue weighted by atomic mass is 9.60. The van der Waals surface area contributed by atoms with Crippen molar-refractivity contribution in [1.29, 1.82) is 0 Å². The predicted octanol–water partition coefficient (Wildman–Crippen LogP) is 9.21. The number of hydrogen-bond acceptors (Lipinski definition) is 2. The molecule has 0 amide bonds. The standard InChI is InChI=1S/C31H45NO2/c1-7-9-11-13-18-31(19-14-12-10-8-2)21-25-23-15-16-26-24(17-20-30(5,6)34-26)27(23)32(33)28(25)29(3,4)22-31/h15-17,20-21H,7-14,18-19,22H2,1-6H3. The van der Waals surface area contributed by atoms with Crippen LogP contribution < -0.4 is 4.74 Å². The molecule has 0 aromatic heterocycles. The maximum Gasteiger partial charge on any atom is 0.235 e. The average Bonchev–Trinajstić information content (AvgIpc) is 3.06. The van der Waals surface area contributed by atoms with E-state index in [1.54, 1.807) is 0 Å². The molecule has 1 aromatic rings. The smallest absolute Gasteiger partial charge is 0.235 e. The third-order valence-electron chi connectivity index (χ3n) is 8.09. The summed E-state index contributed by atoms with van der Waals surface area (Å²) in [6, 6.07) is 4.20. The third-order valence-corrected chi connectivity index (χ3v) is 8.09. The van der Waals surface area contributed by atoms with Crippen LogP contribution in [-0.4, -0.2) is 16.1 Å². The van der Waals surface area contributed by atoms with Crippen molar-refractivity contribution >= 4 is 23.0 Å². The van der Waals surface area contributed by atoms with Gasteiger partial charge in [0.05, 0.1) is 22.1 Å². The second-order valence-electron chi connectivity index (χ2n) is 12.2. The van der Waals surface area contributed by atoms with Gasteiger partial charge in [0.15, 0.2) is 0 Å². The molecule has 3 nitrogen and oxygen atoms in total. The zero-order chi connectivity index (χ0) is 24.6. The highest BCUT2D eigenvalue weighted by Crippen LogP contribution is 2.56. The fourth-order valence-corrected chi connectivity index (χ4v) is 6.59. The van der Waals surface area contributed by atoms with Gasteiger partial charge in [0.2, 0.25) is 11.4 Å². The van der Waals surface area contributed by atoms with Crippen LogP contribution in [0.15, 0.2) is 24.3 Å². The van der Waals surface area contributed by atoms with Gasteiger partial charge >= 0.3 is 0 Å². The molecule has 34 heavy (non-hydrogen) atoms. The number of benzene rings is 1. The first-order chi connectivity index (χ1) is 16.1. The Balaban J connectivity index is 1.77. The average molecular weight is 464 g/mol. The highest BCUT2D eigenvalue weighted by Gasteiger charge is 2.51. The van der Waals surface area contributed by atoms with Crippen LogP contribution in [0.3, 0.4) is 0 Å². The van der Waals surface area contributed by atoms with Gasteiger partial charge < -0.3 is 9.94 Å². The fraction of sp³-hybridized carbons (Fsp3) is 0.645. The number of unbranched alkanes of at least 4 members (excludes halogenated alkanes) is 6. The van der Waals surface area contributed by atoms with Crippen molar-refractivity contribution in [2.75, 3.05) is 0 Å². The van der Waals surface area contributed by atoms with E-state index in [1.165, 1.54) is 74.5 Å². The molecule has 0 saturated carbocycles. The molecule has 0 fully saturated rings. The molecule has 186 valence electrons. The van der Waals surface area contributed by atoms with Crippen molar-refractivity contribution in [3.8, 4) is 5.75 Å². The number of fused-ring (bicyclic) bond motifs is 5. The van der Waals surface area contributed by atoms with Crippen LogP contribution in [0.5, 0.6) is 5.75 Å². The first-order valence-corrected chi connectivity index (χ1v) is 13.8. The highest BCUT2D eigenvalue weighted by molar-refractivity contribution is 6.28. The Labute approximate surface area is 207 Å². The largest absolute Gasteiger partial charge is 0.618 e. The Morgan fingerprint density at radius 2 is 1.56 bits per heavy atom. The molecule has 2 aliphatic heterocycles. The predicted molar refractivity (Wildman–Crippen MR) is 145 cm³/mol. The molecule has 0 atom stereocenters. The first kappa shape index (κ1) is 25.1. The summed E-state index contributed by atoms with van der Waals surface area (Å²) in [7, 11) is 0. The summed E-state index contributed by atoms with van der Waals surface area (Å²) in [6.45, 7) is 13.3. The molecular weight excluding hydrogens is 418 g/mol. The zero-order valence-electron chi connectivity index (χ0n) is 22.4. The molecule has 1 aliphatic carbocycles. The molecule has 0 spiro atoms. The topological polar surface area (TPSA) is 35.3 Å². The molecule has 0 N–H and O–H groups in total. The SMILES string of the molecule is CCCCCCC1(CCCCCC)C=C2C(=[N+]([O-])c3c2ccc2c3C=CC(C)(C)O2)C(C)(C)C1. The minimum Gasteiger partial charge on any atom is -0.618 e. The molecule has 3 heteroatoms. The molecule has 0 unspecified atom stereocenters. The Bertz CT molecular complexity index is 997. The number of rotatable bonds is 10. The van der Waals surface area contributed by atoms with Gasteiger partial charge in [-0.15, -0.1) is 0 Å². The molecule has 0 bridgehead atoms. The molecule has 2 heterocycles. The lowest BCUT2D eigenvalue weighted by Crippen LogP contribution is -2.39. The summed E-state index contributed by atoms with van der Waals surface area (Å²) in [6.07, 6.45) is 20.6. The summed E-state index contributed by atoms with van der Waals surface area (Å²) < 4.78 is 7.45. The van der Waals surface area contributed by atoms with E-state index in [0.29, 0.717) is 0 Å². The van der Waals surface area contributed by atoms with E-state index in [4.69, 9.17) is 4.74 Å². The number of ether oxygens (including phenoxy) is 1. The molecule has 4 rings (SSSR count). The lowest BCUT2D eigenvalue weighted by molar-refractivity contribution is -0.361. The normalized spacial score (nSPS) is 20.9. The maximum atomic E-state index is 13.8. The molecule has 3 aliphatic rings. The quantitative estimate of drug-likeness (QED) is 0.197. The van der Waals surface area contributed by atoms with Crippen LogP contribution in [0.2, 0.25) is 0 Å². The van der Waals surface area contributed by atoms with Crippen LogP contribution in [0.25, 0.3) is 11.6 Å². The van der Waals surface area contributed by atoms with Gasteiger partial charge in [-0.3, -0.25) is 0 Å². The van der Waals surface area contributed by atoms with Crippen molar-refractivity contribution in [1.82, 2.24) is 0 Å². The van der Waals surface area contributed by atoms with Crippen molar-refractivity contribution in [3.63, 3.8) is 0 Å². The summed E-state index contributed by atoms with van der Waals surface area (Å²) in [5, 5.41) is 13.8. The maximum absolute atomic E-state index is 13.8. The van der Waals surface area contributed by atoms with E-state index < -0.39 is 0 Å². The molecular formula is C31H45NO2. The lowest BCUT2D eigenvalue weighted by Gasteiger charge is -2.42. The van der Waals surface area contributed by atoms with Crippen molar-refractivity contribution in [2.45, 2.75) is 118 Å². The Morgan fingerprint density at radius 3 is 2.18 bits per heavy atom. The summed E-state index contributed by atoms with van der Waals surface area (Å²) in [4.78, 5) is 0. The minimum absolute atomic E-state index is 0.161. The van der Waals surface area contributed by atoms with Crippen molar-refractivity contribution < 1.29 is 9.48 Å². The summed E-state index contributed by atoms with van der Waals surface area (Å²) >= 11 is 0. The van der Waals surface area contributed by atoms with Gasteiger partial charge in [0.1, 0.15) is 11.4 Å². The van der Waals surface area contributed by atoms with Crippen LogP contribution in [0.4, 0.5) is 5.69 Å². The van der Waals surface area contributed by atoms with Crippen molar-refractivity contribution in [2.24, 2.45) is 10.8 Å². The number of nitrogens with zero attached hydrogens (tertiary/aromatic N) is 1. The van der Waals surface area contributed by atoms with E-state index in [2.05, 4.69) is 71.9 Å². The van der Waals surface area contributed by atoms with E-state index in [-0.39, 0.29) is 16.4 Å².